The fraction of sp³-hybridized carbons (Fsp3) is 0.941. The van der Waals surface area contributed by atoms with Crippen LogP contribution in [0.1, 0.15) is 386 Å². The quantitative estimate of drug-likeness (QED) is 0.0320. The summed E-state index contributed by atoms with van der Waals surface area (Å²) in [5.74, 6) is -0.0402. The normalized spacial score (nSPS) is 12.5. The third-order valence-corrected chi connectivity index (χ3v) is 16.1. The van der Waals surface area contributed by atoms with Crippen LogP contribution in [-0.4, -0.2) is 47.4 Å². The van der Waals surface area contributed by atoms with Crippen LogP contribution >= 0.6 is 0 Å². The van der Waals surface area contributed by atoms with Crippen molar-refractivity contribution < 1.29 is 24.5 Å². The van der Waals surface area contributed by atoms with Crippen LogP contribution in [0, 0.1) is 0 Å². The van der Waals surface area contributed by atoms with Crippen molar-refractivity contribution in [2.45, 2.75) is 398 Å². The number of carbonyl (C=O) groups excluding carboxylic acids is 2. The average Bonchev–Trinajstić information content (AvgIpc) is 3.40. The minimum Gasteiger partial charge on any atom is -0.466 e. The first-order chi connectivity index (χ1) is 36.5. The summed E-state index contributed by atoms with van der Waals surface area (Å²) < 4.78 is 5.48. The smallest absolute Gasteiger partial charge is 0.305 e. The number of ether oxygens (including phenoxy) is 1. The van der Waals surface area contributed by atoms with E-state index >= 15 is 0 Å². The lowest BCUT2D eigenvalue weighted by Crippen LogP contribution is -2.45. The molecule has 0 fully saturated rings. The van der Waals surface area contributed by atoms with Crippen LogP contribution in [0.4, 0.5) is 0 Å². The number of aliphatic hydroxyl groups excluding tert-OH is 2. The van der Waals surface area contributed by atoms with Gasteiger partial charge in [-0.25, -0.2) is 0 Å². The molecular formula is C68H133NO5. The van der Waals surface area contributed by atoms with E-state index in [1.54, 1.807) is 6.08 Å². The molecule has 0 aliphatic rings. The average molecular weight is 1040 g/mol. The number of unbranched alkanes of at least 4 members (excludes halogenated alkanes) is 53. The lowest BCUT2D eigenvalue weighted by atomic mass is 10.0. The number of rotatable bonds is 64. The fourth-order valence-electron chi connectivity index (χ4n) is 10.9. The highest BCUT2D eigenvalue weighted by Crippen LogP contribution is 2.19. The van der Waals surface area contributed by atoms with Crippen molar-refractivity contribution in [3.05, 3.63) is 12.2 Å². The van der Waals surface area contributed by atoms with Crippen molar-refractivity contribution in [3.63, 3.8) is 0 Å². The second-order valence-corrected chi connectivity index (χ2v) is 23.5. The molecule has 0 aromatic carbocycles. The summed E-state index contributed by atoms with van der Waals surface area (Å²) >= 11 is 0. The van der Waals surface area contributed by atoms with Gasteiger partial charge in [-0.15, -0.1) is 0 Å². The van der Waals surface area contributed by atoms with Crippen LogP contribution in [0.5, 0.6) is 0 Å². The van der Waals surface area contributed by atoms with Crippen molar-refractivity contribution >= 4 is 11.9 Å². The number of allylic oxidation sites excluding steroid dienone is 1. The highest BCUT2D eigenvalue weighted by atomic mass is 16.5. The van der Waals surface area contributed by atoms with Crippen LogP contribution in [0.3, 0.4) is 0 Å². The molecule has 0 aliphatic heterocycles. The molecule has 0 aliphatic carbocycles. The molecule has 0 spiro atoms. The molecule has 2 unspecified atom stereocenters. The number of carbonyl (C=O) groups is 2. The number of nitrogens with one attached hydrogen (secondary N) is 1. The summed E-state index contributed by atoms with van der Waals surface area (Å²) in [5.41, 5.74) is 0. The highest BCUT2D eigenvalue weighted by molar-refractivity contribution is 5.76. The van der Waals surface area contributed by atoms with E-state index in [4.69, 9.17) is 4.74 Å². The molecule has 0 rings (SSSR count). The number of esters is 1. The first-order valence-corrected chi connectivity index (χ1v) is 34.0. The predicted molar refractivity (Wildman–Crippen MR) is 324 cm³/mol. The molecule has 0 aromatic heterocycles. The Balaban J connectivity index is 3.34. The Morgan fingerprint density at radius 2 is 0.622 bits per heavy atom. The van der Waals surface area contributed by atoms with Gasteiger partial charge in [-0.3, -0.25) is 9.59 Å². The molecular weight excluding hydrogens is 911 g/mol. The summed E-state index contributed by atoms with van der Waals surface area (Å²) in [6, 6.07) is -0.624. The molecule has 0 bridgehead atoms. The van der Waals surface area contributed by atoms with Crippen molar-refractivity contribution in [3.8, 4) is 0 Å². The summed E-state index contributed by atoms with van der Waals surface area (Å²) in [4.78, 5) is 24.5. The van der Waals surface area contributed by atoms with Crippen molar-refractivity contribution in [2.24, 2.45) is 0 Å². The van der Waals surface area contributed by atoms with Gasteiger partial charge in [-0.05, 0) is 32.1 Å². The first kappa shape index (κ1) is 72.6. The zero-order chi connectivity index (χ0) is 53.6. The van der Waals surface area contributed by atoms with Crippen molar-refractivity contribution in [1.82, 2.24) is 5.32 Å². The monoisotopic (exact) mass is 1040 g/mol. The Labute approximate surface area is 463 Å². The molecule has 440 valence electrons. The Bertz CT molecular complexity index is 1110. The fourth-order valence-corrected chi connectivity index (χ4v) is 10.9. The summed E-state index contributed by atoms with van der Waals surface area (Å²) in [7, 11) is 0. The van der Waals surface area contributed by atoms with E-state index in [9.17, 15) is 19.8 Å². The van der Waals surface area contributed by atoms with Gasteiger partial charge in [-0.1, -0.05) is 353 Å². The van der Waals surface area contributed by atoms with Crippen LogP contribution in [0.2, 0.25) is 0 Å². The Morgan fingerprint density at radius 1 is 0.365 bits per heavy atom. The Kier molecular flexibility index (Phi) is 62.9. The molecule has 3 N–H and O–H groups in total. The number of hydrogen-bond donors (Lipinski definition) is 3. The van der Waals surface area contributed by atoms with Crippen LogP contribution < -0.4 is 5.32 Å². The number of hydrogen-bond acceptors (Lipinski definition) is 5. The molecule has 0 saturated carbocycles. The van der Waals surface area contributed by atoms with Gasteiger partial charge in [0, 0.05) is 12.8 Å². The van der Waals surface area contributed by atoms with Gasteiger partial charge in [0.15, 0.2) is 0 Å². The highest BCUT2D eigenvalue weighted by Gasteiger charge is 2.18. The third kappa shape index (κ3) is 59.8. The lowest BCUT2D eigenvalue weighted by molar-refractivity contribution is -0.143. The minimum absolute atomic E-state index is 0.0212. The maximum Gasteiger partial charge on any atom is 0.305 e. The van der Waals surface area contributed by atoms with Gasteiger partial charge in [0.05, 0.1) is 25.4 Å². The van der Waals surface area contributed by atoms with Crippen LogP contribution in [0.25, 0.3) is 0 Å². The maximum atomic E-state index is 12.5. The molecule has 1 amide bonds. The largest absolute Gasteiger partial charge is 0.466 e. The van der Waals surface area contributed by atoms with Gasteiger partial charge in [0.2, 0.25) is 5.91 Å². The van der Waals surface area contributed by atoms with E-state index in [0.717, 1.165) is 38.5 Å². The second kappa shape index (κ2) is 64.1. The predicted octanol–water partition coefficient (Wildman–Crippen LogP) is 21.6. The van der Waals surface area contributed by atoms with Gasteiger partial charge in [-0.2, -0.15) is 0 Å². The number of aliphatic hydroxyl groups is 2. The summed E-state index contributed by atoms with van der Waals surface area (Å²) in [6.07, 6.45) is 78.6. The van der Waals surface area contributed by atoms with E-state index in [1.807, 2.05) is 6.08 Å². The molecule has 0 aromatic rings. The zero-order valence-corrected chi connectivity index (χ0v) is 50.4. The minimum atomic E-state index is -0.840. The lowest BCUT2D eigenvalue weighted by Gasteiger charge is -2.20. The Morgan fingerprint density at radius 3 is 0.919 bits per heavy atom. The molecule has 0 saturated heterocycles. The van der Waals surface area contributed by atoms with Crippen LogP contribution in [-0.2, 0) is 14.3 Å². The van der Waals surface area contributed by atoms with Gasteiger partial charge in [0.25, 0.3) is 0 Å². The standard InChI is InChI=1S/C68H133NO5/c1-3-5-7-9-11-13-15-17-34-37-40-44-48-52-56-60-66(71)65(64-70)69-67(72)61-57-53-49-45-41-38-35-32-30-28-26-24-22-20-18-19-21-23-25-27-29-31-33-36-39-43-47-51-55-59-63-74-68(73)62-58-54-50-46-42-16-14-12-10-8-6-4-2/h56,60,65-66,70-71H,3-55,57-59,61-64H2,1-2H3,(H,69,72)/b60-56+. The number of amides is 1. The molecule has 6 nitrogen and oxygen atoms in total. The first-order valence-electron chi connectivity index (χ1n) is 34.0. The molecule has 2 atom stereocenters. The van der Waals surface area contributed by atoms with Crippen molar-refractivity contribution in [1.29, 1.82) is 0 Å². The molecule has 0 heterocycles. The zero-order valence-electron chi connectivity index (χ0n) is 50.4. The van der Waals surface area contributed by atoms with E-state index in [2.05, 4.69) is 19.2 Å². The van der Waals surface area contributed by atoms with E-state index in [1.165, 1.54) is 321 Å². The van der Waals surface area contributed by atoms with Gasteiger partial charge < -0.3 is 20.3 Å². The topological polar surface area (TPSA) is 95.9 Å². The van der Waals surface area contributed by atoms with Gasteiger partial charge in [0.1, 0.15) is 0 Å². The summed E-state index contributed by atoms with van der Waals surface area (Å²) in [5, 5.41) is 23.2. The van der Waals surface area contributed by atoms with Crippen LogP contribution in [0.15, 0.2) is 12.2 Å². The Hall–Kier alpha value is -1.40. The maximum absolute atomic E-state index is 12.5. The van der Waals surface area contributed by atoms with Crippen molar-refractivity contribution in [2.75, 3.05) is 13.2 Å². The molecule has 6 heteroatoms. The molecule has 0 radical (unpaired) electrons. The second-order valence-electron chi connectivity index (χ2n) is 23.5. The SMILES string of the molecule is CCCCCCCCCCCCCCC/C=C/C(O)C(CO)NC(=O)CCCCCCCCCCCCCCCCCCCCCCCCCCCCCCCCOC(=O)CCCCCCCCCCCCCC. The van der Waals surface area contributed by atoms with E-state index in [-0.39, 0.29) is 18.5 Å². The van der Waals surface area contributed by atoms with E-state index < -0.39 is 12.1 Å². The summed E-state index contributed by atoms with van der Waals surface area (Å²) in [6.45, 7) is 4.94. The van der Waals surface area contributed by atoms with E-state index in [0.29, 0.717) is 19.4 Å². The molecule has 74 heavy (non-hydrogen) atoms. The van der Waals surface area contributed by atoms with Gasteiger partial charge >= 0.3 is 5.97 Å². The third-order valence-electron chi connectivity index (χ3n) is 16.1.